The van der Waals surface area contributed by atoms with Crippen molar-refractivity contribution in [2.24, 2.45) is 0 Å². The second-order valence-corrected chi connectivity index (χ2v) is 10.2. The van der Waals surface area contributed by atoms with Crippen molar-refractivity contribution in [1.29, 1.82) is 0 Å². The van der Waals surface area contributed by atoms with Crippen molar-refractivity contribution in [3.05, 3.63) is 101 Å². The Balaban J connectivity index is 1.19. The Morgan fingerprint density at radius 3 is 2.50 bits per heavy atom. The molecule has 0 radical (unpaired) electrons. The third-order valence-corrected chi connectivity index (χ3v) is 7.62. The fraction of sp³-hybridized carbons (Fsp3) is 0.242. The highest BCUT2D eigenvalue weighted by Gasteiger charge is 2.38. The Morgan fingerprint density at radius 1 is 0.868 bits per heavy atom. The van der Waals surface area contributed by atoms with Crippen LogP contribution in [-0.4, -0.2) is 16.7 Å². The van der Waals surface area contributed by atoms with E-state index in [4.69, 9.17) is 0 Å². The number of unbranched alkanes of at least 4 members (excludes halogenated alkanes) is 5. The molecule has 0 fully saturated rings. The number of hydrogen-bond donors (Lipinski definition) is 2. The molecule has 38 heavy (non-hydrogen) atoms. The van der Waals surface area contributed by atoms with Gasteiger partial charge in [0.2, 0.25) is 5.69 Å². The van der Waals surface area contributed by atoms with Crippen molar-refractivity contribution < 1.29 is 14.2 Å². The van der Waals surface area contributed by atoms with E-state index in [1.54, 1.807) is 0 Å². The summed E-state index contributed by atoms with van der Waals surface area (Å²) in [6, 6.07) is 23.5. The predicted molar refractivity (Wildman–Crippen MR) is 152 cm³/mol. The van der Waals surface area contributed by atoms with Crippen LogP contribution in [0.2, 0.25) is 0 Å². The number of amides is 1. The zero-order chi connectivity index (χ0) is 26.1. The largest absolute Gasteiger partial charge is 0.349 e. The van der Waals surface area contributed by atoms with Crippen LogP contribution in [0.5, 0.6) is 0 Å². The molecule has 0 unspecified atom stereocenters. The van der Waals surface area contributed by atoms with Gasteiger partial charge in [-0.05, 0) is 54.8 Å². The van der Waals surface area contributed by atoms with E-state index >= 15 is 0 Å². The van der Waals surface area contributed by atoms with E-state index in [0.29, 0.717) is 16.8 Å². The van der Waals surface area contributed by atoms with E-state index in [2.05, 4.69) is 29.4 Å². The van der Waals surface area contributed by atoms with Crippen LogP contribution in [0.3, 0.4) is 0 Å². The lowest BCUT2D eigenvalue weighted by Crippen LogP contribution is -2.31. The lowest BCUT2D eigenvalue weighted by atomic mass is 10.0. The molecule has 3 aromatic carbocycles. The molecule has 1 amide bonds. The van der Waals surface area contributed by atoms with Gasteiger partial charge in [0, 0.05) is 39.7 Å². The van der Waals surface area contributed by atoms with Crippen LogP contribution in [0.25, 0.3) is 27.5 Å². The number of benzene rings is 3. The normalized spacial score (nSPS) is 12.2. The molecule has 1 aliphatic heterocycles. The number of aryl methyl sites for hydroxylation is 1. The minimum absolute atomic E-state index is 0.00987. The van der Waals surface area contributed by atoms with Crippen molar-refractivity contribution in [2.75, 3.05) is 5.32 Å². The maximum atomic E-state index is 13.2. The molecule has 190 valence electrons. The number of fused-ring (bicyclic) bond motifs is 7. The highest BCUT2D eigenvalue weighted by Crippen LogP contribution is 2.31. The van der Waals surface area contributed by atoms with Crippen molar-refractivity contribution in [2.45, 2.75) is 51.9 Å². The average Bonchev–Trinajstić information content (AvgIpc) is 3.46. The molecular weight excluding hydrogens is 470 g/mol. The number of H-pyrrole nitrogens is 1. The fourth-order valence-electron chi connectivity index (χ4n) is 5.55. The third kappa shape index (κ3) is 4.38. The monoisotopic (exact) mass is 502 g/mol. The molecule has 0 aliphatic carbocycles. The van der Waals surface area contributed by atoms with E-state index in [1.807, 2.05) is 71.4 Å². The lowest BCUT2D eigenvalue weighted by Gasteiger charge is -2.07. The lowest BCUT2D eigenvalue weighted by molar-refractivity contribution is -0.592. The van der Waals surface area contributed by atoms with Crippen molar-refractivity contribution >= 4 is 39.2 Å². The van der Waals surface area contributed by atoms with E-state index in [9.17, 15) is 9.59 Å². The number of carbonyl (C=O) groups excluding carboxylic acids is 2. The maximum absolute atomic E-state index is 13.2. The van der Waals surface area contributed by atoms with Crippen LogP contribution in [0.15, 0.2) is 79.0 Å². The van der Waals surface area contributed by atoms with Gasteiger partial charge in [0.15, 0.2) is 6.20 Å². The number of ketones is 1. The van der Waals surface area contributed by atoms with Gasteiger partial charge in [-0.25, -0.2) is 0 Å². The van der Waals surface area contributed by atoms with Gasteiger partial charge < -0.3 is 10.3 Å². The SMILES string of the molecule is CCCCCCCCc1ccc(NC(=O)c2ccc3[nH]c4c5[n+](ccc4c3c2)-c2ccccc2C5=O)cc1. The van der Waals surface area contributed by atoms with Gasteiger partial charge in [-0.1, -0.05) is 63.3 Å². The molecule has 1 aliphatic rings. The summed E-state index contributed by atoms with van der Waals surface area (Å²) in [6.45, 7) is 2.24. The number of pyridine rings is 1. The van der Waals surface area contributed by atoms with E-state index in [0.717, 1.165) is 39.6 Å². The van der Waals surface area contributed by atoms with Crippen LogP contribution in [-0.2, 0) is 6.42 Å². The minimum atomic E-state index is -0.149. The second-order valence-electron chi connectivity index (χ2n) is 10.2. The fourth-order valence-corrected chi connectivity index (χ4v) is 5.55. The number of para-hydroxylation sites is 1. The summed E-state index contributed by atoms with van der Waals surface area (Å²) in [4.78, 5) is 29.7. The highest BCUT2D eigenvalue weighted by atomic mass is 16.1. The Labute approximate surface area is 222 Å². The molecule has 0 saturated carbocycles. The van der Waals surface area contributed by atoms with Crippen LogP contribution >= 0.6 is 0 Å². The molecule has 3 heterocycles. The number of hydrogen-bond acceptors (Lipinski definition) is 2. The Morgan fingerprint density at radius 2 is 1.66 bits per heavy atom. The molecule has 5 aromatic rings. The number of nitrogens with zero attached hydrogens (tertiary/aromatic N) is 1. The number of aromatic amines is 1. The molecule has 0 saturated heterocycles. The number of nitrogens with one attached hydrogen (secondary N) is 2. The first-order chi connectivity index (χ1) is 18.6. The highest BCUT2D eigenvalue weighted by molar-refractivity contribution is 6.21. The van der Waals surface area contributed by atoms with Gasteiger partial charge >= 0.3 is 0 Å². The molecule has 0 bridgehead atoms. The summed E-state index contributed by atoms with van der Waals surface area (Å²) in [5.41, 5.74) is 6.60. The molecule has 6 rings (SSSR count). The topological polar surface area (TPSA) is 65.8 Å². The quantitative estimate of drug-likeness (QED) is 0.161. The number of rotatable bonds is 9. The number of carbonyl (C=O) groups is 2. The molecule has 5 heteroatoms. The smallest absolute Gasteiger partial charge is 0.284 e. The van der Waals surface area contributed by atoms with E-state index < -0.39 is 0 Å². The Bertz CT molecular complexity index is 1660. The molecule has 0 spiro atoms. The summed E-state index contributed by atoms with van der Waals surface area (Å²) in [7, 11) is 0. The second kappa shape index (κ2) is 10.3. The van der Waals surface area contributed by atoms with E-state index in [1.165, 1.54) is 44.1 Å². The van der Waals surface area contributed by atoms with Crippen LogP contribution in [0, 0.1) is 0 Å². The Hall–Kier alpha value is -4.25. The van der Waals surface area contributed by atoms with Crippen LogP contribution in [0.1, 0.15) is 77.4 Å². The van der Waals surface area contributed by atoms with Gasteiger partial charge in [-0.2, -0.15) is 4.57 Å². The first kappa shape index (κ1) is 24.1. The van der Waals surface area contributed by atoms with Crippen molar-refractivity contribution in [3.63, 3.8) is 0 Å². The summed E-state index contributed by atoms with van der Waals surface area (Å²) in [5.74, 6) is -0.139. The molecule has 0 atom stereocenters. The molecular formula is C33H32N3O2+. The van der Waals surface area contributed by atoms with Gasteiger partial charge in [-0.3, -0.25) is 9.59 Å². The molecule has 2 N–H and O–H groups in total. The number of anilines is 1. The van der Waals surface area contributed by atoms with E-state index in [-0.39, 0.29) is 11.7 Å². The van der Waals surface area contributed by atoms with Crippen molar-refractivity contribution in [1.82, 2.24) is 4.98 Å². The molecule has 2 aromatic heterocycles. The number of aromatic nitrogens is 2. The van der Waals surface area contributed by atoms with Crippen molar-refractivity contribution in [3.8, 4) is 5.69 Å². The van der Waals surface area contributed by atoms with Crippen LogP contribution < -0.4 is 9.88 Å². The third-order valence-electron chi connectivity index (χ3n) is 7.62. The first-order valence-electron chi connectivity index (χ1n) is 13.7. The van der Waals surface area contributed by atoms with Gasteiger partial charge in [-0.15, -0.1) is 0 Å². The van der Waals surface area contributed by atoms with Gasteiger partial charge in [0.1, 0.15) is 11.1 Å². The predicted octanol–water partition coefficient (Wildman–Crippen LogP) is 7.30. The van der Waals surface area contributed by atoms with Gasteiger partial charge in [0.05, 0.1) is 0 Å². The first-order valence-corrected chi connectivity index (χ1v) is 13.7. The zero-order valence-corrected chi connectivity index (χ0v) is 21.7. The minimum Gasteiger partial charge on any atom is -0.349 e. The van der Waals surface area contributed by atoms with Crippen LogP contribution in [0.4, 0.5) is 5.69 Å². The average molecular weight is 503 g/mol. The van der Waals surface area contributed by atoms with Gasteiger partial charge in [0.25, 0.3) is 17.4 Å². The summed E-state index contributed by atoms with van der Waals surface area (Å²) in [6.07, 6.45) is 10.8. The Kier molecular flexibility index (Phi) is 6.50. The zero-order valence-electron chi connectivity index (χ0n) is 21.7. The standard InChI is InChI=1S/C33H31N3O2/c1-2-3-4-5-6-7-10-22-13-16-24(17-14-22)34-33(38)23-15-18-28-27(21-23)25-19-20-36-29-12-9-8-11-26(29)32(37)31(36)30(25)35-28/h8-9,11-21H,2-7,10H2,1H3,(H,34,38)/p+1. The molecule has 5 nitrogen and oxygen atoms in total. The summed E-state index contributed by atoms with van der Waals surface area (Å²) < 4.78 is 1.94. The summed E-state index contributed by atoms with van der Waals surface area (Å²) in [5, 5.41) is 4.89. The summed E-state index contributed by atoms with van der Waals surface area (Å²) >= 11 is 0. The maximum Gasteiger partial charge on any atom is 0.284 e.